The third-order valence-corrected chi connectivity index (χ3v) is 5.72. The van der Waals surface area contributed by atoms with Crippen molar-refractivity contribution in [2.75, 3.05) is 31.7 Å². The van der Waals surface area contributed by atoms with Gasteiger partial charge in [0.1, 0.15) is 18.0 Å². The van der Waals surface area contributed by atoms with E-state index in [0.717, 1.165) is 18.4 Å². The zero-order chi connectivity index (χ0) is 26.3. The number of carbonyl (C=O) groups excluding carboxylic acids is 5. The maximum absolute atomic E-state index is 12.4. The molecule has 0 aliphatic heterocycles. The van der Waals surface area contributed by atoms with Crippen LogP contribution in [-0.4, -0.2) is 55.7 Å². The highest BCUT2D eigenvalue weighted by Gasteiger charge is 2.28. The summed E-state index contributed by atoms with van der Waals surface area (Å²) in [7, 11) is 0. The van der Waals surface area contributed by atoms with Gasteiger partial charge in [0.05, 0.1) is 19.1 Å². The van der Waals surface area contributed by atoms with E-state index in [1.165, 1.54) is 0 Å². The van der Waals surface area contributed by atoms with Crippen LogP contribution in [0.5, 0.6) is 0 Å². The maximum Gasteiger partial charge on any atom is 0.306 e. The van der Waals surface area contributed by atoms with Crippen molar-refractivity contribution in [2.24, 2.45) is 11.8 Å². The summed E-state index contributed by atoms with van der Waals surface area (Å²) in [6.07, 6.45) is 3.73. The van der Waals surface area contributed by atoms with Gasteiger partial charge in [-0.3, -0.25) is 24.0 Å². The van der Waals surface area contributed by atoms with Crippen LogP contribution in [0.1, 0.15) is 64.4 Å². The lowest BCUT2D eigenvalue weighted by Gasteiger charge is -2.19. The molecule has 198 valence electrons. The molecular weight excluding hydrogens is 464 g/mol. The molecule has 0 bridgehead atoms. The van der Waals surface area contributed by atoms with Crippen molar-refractivity contribution in [1.29, 1.82) is 0 Å². The molecule has 36 heavy (non-hydrogen) atoms. The van der Waals surface area contributed by atoms with Crippen molar-refractivity contribution in [1.82, 2.24) is 5.32 Å². The molecule has 1 fully saturated rings. The van der Waals surface area contributed by atoms with Crippen molar-refractivity contribution < 1.29 is 33.4 Å². The molecule has 0 spiro atoms. The van der Waals surface area contributed by atoms with Crippen molar-refractivity contribution in [3.8, 4) is 0 Å². The third-order valence-electron chi connectivity index (χ3n) is 5.72. The minimum atomic E-state index is -0.485. The number of anilines is 1. The molecule has 0 heterocycles. The zero-order valence-electron chi connectivity index (χ0n) is 21.3. The van der Waals surface area contributed by atoms with Crippen LogP contribution in [0.3, 0.4) is 0 Å². The normalized spacial score (nSPS) is 15.4. The van der Waals surface area contributed by atoms with Gasteiger partial charge in [-0.05, 0) is 36.5 Å². The molecule has 1 unspecified atom stereocenters. The van der Waals surface area contributed by atoms with Crippen molar-refractivity contribution in [3.05, 3.63) is 29.8 Å². The topological polar surface area (TPSA) is 128 Å². The summed E-state index contributed by atoms with van der Waals surface area (Å²) in [5, 5.41) is 5.28. The molecule has 2 amide bonds. The Balaban J connectivity index is 1.57. The van der Waals surface area contributed by atoms with Crippen LogP contribution < -0.4 is 10.6 Å². The summed E-state index contributed by atoms with van der Waals surface area (Å²) < 4.78 is 10.5. The summed E-state index contributed by atoms with van der Waals surface area (Å²) in [6, 6.07) is 6.83. The number of benzene rings is 1. The number of carbonyl (C=O) groups is 5. The third kappa shape index (κ3) is 11.6. The second-order valence-electron chi connectivity index (χ2n) is 9.46. The molecule has 1 aromatic carbocycles. The lowest BCUT2D eigenvalue weighted by molar-refractivity contribution is -0.145. The Morgan fingerprint density at radius 1 is 1.00 bits per heavy atom. The molecule has 0 radical (unpaired) electrons. The smallest absolute Gasteiger partial charge is 0.306 e. The first-order valence-corrected chi connectivity index (χ1v) is 12.7. The van der Waals surface area contributed by atoms with Crippen LogP contribution in [0.4, 0.5) is 5.69 Å². The van der Waals surface area contributed by atoms with Crippen LogP contribution in [0, 0.1) is 11.8 Å². The van der Waals surface area contributed by atoms with E-state index >= 15 is 0 Å². The SMILES string of the molecule is CC(C)CC(=O)OCCCOCCNC(=O)CC(=O)Nc1ccc(CC(=O)C2CCCCC2=O)cc1. The first-order chi connectivity index (χ1) is 17.2. The fraction of sp³-hybridized carbons (Fsp3) is 0.593. The Morgan fingerprint density at radius 2 is 1.75 bits per heavy atom. The van der Waals surface area contributed by atoms with E-state index in [1.54, 1.807) is 24.3 Å². The molecule has 1 aromatic rings. The van der Waals surface area contributed by atoms with Gasteiger partial charge >= 0.3 is 5.97 Å². The zero-order valence-corrected chi connectivity index (χ0v) is 21.3. The van der Waals surface area contributed by atoms with E-state index in [4.69, 9.17) is 9.47 Å². The number of hydrogen-bond donors (Lipinski definition) is 2. The summed E-state index contributed by atoms with van der Waals surface area (Å²) >= 11 is 0. The van der Waals surface area contributed by atoms with E-state index in [2.05, 4.69) is 10.6 Å². The number of ether oxygens (including phenoxy) is 2. The molecule has 2 rings (SSSR count). The lowest BCUT2D eigenvalue weighted by atomic mass is 9.83. The Kier molecular flexibility index (Phi) is 12.8. The molecule has 1 saturated carbocycles. The van der Waals surface area contributed by atoms with Gasteiger partial charge in [0.15, 0.2) is 0 Å². The van der Waals surface area contributed by atoms with Gasteiger partial charge < -0.3 is 20.1 Å². The highest BCUT2D eigenvalue weighted by Crippen LogP contribution is 2.23. The Hall–Kier alpha value is -3.07. The fourth-order valence-corrected chi connectivity index (χ4v) is 3.87. The predicted octanol–water partition coefficient (Wildman–Crippen LogP) is 3.00. The summed E-state index contributed by atoms with van der Waals surface area (Å²) in [5.74, 6) is -1.31. The first-order valence-electron chi connectivity index (χ1n) is 12.7. The van der Waals surface area contributed by atoms with Crippen LogP contribution in [0.25, 0.3) is 0 Å². The Morgan fingerprint density at radius 3 is 2.44 bits per heavy atom. The van der Waals surface area contributed by atoms with Gasteiger partial charge in [-0.1, -0.05) is 32.4 Å². The van der Waals surface area contributed by atoms with E-state index in [1.807, 2.05) is 13.8 Å². The van der Waals surface area contributed by atoms with E-state index in [0.29, 0.717) is 51.2 Å². The number of esters is 1. The van der Waals surface area contributed by atoms with Gasteiger partial charge in [0.2, 0.25) is 11.8 Å². The molecule has 0 saturated heterocycles. The number of hydrogen-bond acceptors (Lipinski definition) is 7. The fourth-order valence-electron chi connectivity index (χ4n) is 3.87. The number of rotatable bonds is 15. The van der Waals surface area contributed by atoms with Gasteiger partial charge in [-0.2, -0.15) is 0 Å². The monoisotopic (exact) mass is 502 g/mol. The second kappa shape index (κ2) is 15.8. The Labute approximate surface area is 212 Å². The highest BCUT2D eigenvalue weighted by atomic mass is 16.5. The molecule has 9 nitrogen and oxygen atoms in total. The van der Waals surface area contributed by atoms with Crippen molar-refractivity contribution in [2.45, 2.75) is 65.2 Å². The van der Waals surface area contributed by atoms with Crippen LogP contribution >= 0.6 is 0 Å². The number of amides is 2. The lowest BCUT2D eigenvalue weighted by Crippen LogP contribution is -2.30. The van der Waals surface area contributed by atoms with E-state index in [9.17, 15) is 24.0 Å². The van der Waals surface area contributed by atoms with Crippen LogP contribution in [0.15, 0.2) is 24.3 Å². The van der Waals surface area contributed by atoms with Gasteiger partial charge in [0.25, 0.3) is 0 Å². The molecular formula is C27H38N2O7. The maximum atomic E-state index is 12.4. The minimum absolute atomic E-state index is 0.0415. The first kappa shape index (κ1) is 29.2. The standard InChI is InChI=1S/C27H38N2O7/c1-19(2)16-27(34)36-14-5-13-35-15-12-28-25(32)18-26(33)29-21-10-8-20(9-11-21)17-24(31)22-6-3-4-7-23(22)30/h8-11,19,22H,3-7,12-18H2,1-2H3,(H,28,32)(H,29,33). The Bertz CT molecular complexity index is 896. The van der Waals surface area contributed by atoms with Gasteiger partial charge in [-0.25, -0.2) is 0 Å². The number of nitrogens with one attached hydrogen (secondary N) is 2. The molecule has 9 heteroatoms. The average Bonchev–Trinajstić information content (AvgIpc) is 2.81. The van der Waals surface area contributed by atoms with Gasteiger partial charge in [0, 0.05) is 44.5 Å². The summed E-state index contributed by atoms with van der Waals surface area (Å²) in [5.41, 5.74) is 1.30. The van der Waals surface area contributed by atoms with Gasteiger partial charge in [-0.15, -0.1) is 0 Å². The predicted molar refractivity (Wildman–Crippen MR) is 134 cm³/mol. The minimum Gasteiger partial charge on any atom is -0.466 e. The van der Waals surface area contributed by atoms with E-state index in [-0.39, 0.29) is 42.8 Å². The largest absolute Gasteiger partial charge is 0.466 e. The molecule has 0 aromatic heterocycles. The second-order valence-corrected chi connectivity index (χ2v) is 9.46. The van der Waals surface area contributed by atoms with Crippen molar-refractivity contribution in [3.63, 3.8) is 0 Å². The molecule has 2 N–H and O–H groups in total. The number of Topliss-reactive ketones (excluding diaryl/α,β-unsaturated/α-hetero) is 2. The number of ketones is 2. The van der Waals surface area contributed by atoms with Crippen LogP contribution in [0.2, 0.25) is 0 Å². The average molecular weight is 503 g/mol. The summed E-state index contributed by atoms with van der Waals surface area (Å²) in [6.45, 7) is 5.17. The summed E-state index contributed by atoms with van der Waals surface area (Å²) in [4.78, 5) is 59.9. The highest BCUT2D eigenvalue weighted by molar-refractivity contribution is 6.04. The van der Waals surface area contributed by atoms with E-state index < -0.39 is 17.7 Å². The molecule has 1 atom stereocenters. The molecule has 1 aliphatic rings. The van der Waals surface area contributed by atoms with Crippen molar-refractivity contribution >= 4 is 35.0 Å². The quantitative estimate of drug-likeness (QED) is 0.214. The van der Waals surface area contributed by atoms with Crippen LogP contribution in [-0.2, 0) is 39.9 Å². The molecule has 1 aliphatic carbocycles.